The van der Waals surface area contributed by atoms with Crippen molar-refractivity contribution in [2.75, 3.05) is 0 Å². The van der Waals surface area contributed by atoms with Gasteiger partial charge in [-0.1, -0.05) is 0 Å². The van der Waals surface area contributed by atoms with Crippen LogP contribution in [0.5, 0.6) is 0 Å². The smallest absolute Gasteiger partial charge is 0.194 e. The molecule has 1 aliphatic carbocycles. The number of rotatable bonds is 2. The van der Waals surface area contributed by atoms with Crippen LogP contribution in [0.25, 0.3) is 0 Å². The van der Waals surface area contributed by atoms with Gasteiger partial charge in [0, 0.05) is 6.42 Å². The zero-order valence-electron chi connectivity index (χ0n) is 6.13. The van der Waals surface area contributed by atoms with E-state index in [1.807, 2.05) is 6.92 Å². The molecule has 1 aliphatic rings. The summed E-state index contributed by atoms with van der Waals surface area (Å²) in [5, 5.41) is 0. The normalized spacial score (nSPS) is 17.7. The van der Waals surface area contributed by atoms with Crippen molar-refractivity contribution < 1.29 is 4.42 Å². The summed E-state index contributed by atoms with van der Waals surface area (Å²) < 4.78 is 5.32. The third kappa shape index (κ3) is 1.20. The second-order valence-electron chi connectivity index (χ2n) is 3.01. The van der Waals surface area contributed by atoms with Crippen molar-refractivity contribution in [1.29, 1.82) is 0 Å². The second kappa shape index (κ2) is 2.11. The van der Waals surface area contributed by atoms with Gasteiger partial charge in [-0.25, -0.2) is 4.98 Å². The van der Waals surface area contributed by atoms with E-state index in [1.54, 1.807) is 6.20 Å². The standard InChI is InChI=1S/C8H11NO/c1-6-5-9-8(10-6)4-7-2-3-7/h5,7H,2-4H2,1H3. The minimum absolute atomic E-state index is 0.873. The molecule has 0 aromatic carbocycles. The van der Waals surface area contributed by atoms with Gasteiger partial charge in [-0.3, -0.25) is 0 Å². The van der Waals surface area contributed by atoms with Gasteiger partial charge in [-0.2, -0.15) is 0 Å². The second-order valence-corrected chi connectivity index (χ2v) is 3.01. The van der Waals surface area contributed by atoms with Crippen LogP contribution in [-0.2, 0) is 6.42 Å². The van der Waals surface area contributed by atoms with Crippen LogP contribution in [0.15, 0.2) is 10.6 Å². The summed E-state index contributed by atoms with van der Waals surface area (Å²) in [7, 11) is 0. The summed E-state index contributed by atoms with van der Waals surface area (Å²) >= 11 is 0. The summed E-state index contributed by atoms with van der Waals surface area (Å²) in [4.78, 5) is 4.13. The average Bonchev–Trinajstić information content (AvgIpc) is 2.59. The minimum Gasteiger partial charge on any atom is -0.446 e. The highest BCUT2D eigenvalue weighted by atomic mass is 16.4. The Hall–Kier alpha value is -0.790. The Kier molecular flexibility index (Phi) is 1.26. The Morgan fingerprint density at radius 1 is 1.70 bits per heavy atom. The summed E-state index contributed by atoms with van der Waals surface area (Å²) in [6.07, 6.45) is 5.56. The van der Waals surface area contributed by atoms with Gasteiger partial charge in [0.2, 0.25) is 0 Å². The highest BCUT2D eigenvalue weighted by Gasteiger charge is 2.23. The predicted molar refractivity (Wildman–Crippen MR) is 37.7 cm³/mol. The SMILES string of the molecule is Cc1cnc(CC2CC2)o1. The molecule has 1 fully saturated rings. The van der Waals surface area contributed by atoms with E-state index in [1.165, 1.54) is 12.8 Å². The zero-order chi connectivity index (χ0) is 6.97. The molecule has 2 heteroatoms. The highest BCUT2D eigenvalue weighted by molar-refractivity contribution is 4.94. The molecule has 0 spiro atoms. The fraction of sp³-hybridized carbons (Fsp3) is 0.625. The Labute approximate surface area is 60.3 Å². The molecule has 0 unspecified atom stereocenters. The minimum atomic E-state index is 0.873. The molecule has 2 rings (SSSR count). The van der Waals surface area contributed by atoms with Crippen LogP contribution in [0, 0.1) is 12.8 Å². The topological polar surface area (TPSA) is 26.0 Å². The molecule has 1 aromatic heterocycles. The van der Waals surface area contributed by atoms with Crippen molar-refractivity contribution in [2.45, 2.75) is 26.2 Å². The molecule has 0 atom stereocenters. The van der Waals surface area contributed by atoms with E-state index < -0.39 is 0 Å². The van der Waals surface area contributed by atoms with E-state index in [4.69, 9.17) is 4.42 Å². The number of aryl methyl sites for hydroxylation is 1. The van der Waals surface area contributed by atoms with Gasteiger partial charge in [0.25, 0.3) is 0 Å². The molecule has 10 heavy (non-hydrogen) atoms. The maximum Gasteiger partial charge on any atom is 0.194 e. The molecule has 0 bridgehead atoms. The zero-order valence-corrected chi connectivity index (χ0v) is 6.13. The van der Waals surface area contributed by atoms with Crippen molar-refractivity contribution in [3.63, 3.8) is 0 Å². The van der Waals surface area contributed by atoms with Crippen molar-refractivity contribution in [1.82, 2.24) is 4.98 Å². The van der Waals surface area contributed by atoms with E-state index in [2.05, 4.69) is 4.98 Å². The van der Waals surface area contributed by atoms with Gasteiger partial charge in [0.05, 0.1) is 6.20 Å². The van der Waals surface area contributed by atoms with Crippen LogP contribution in [-0.4, -0.2) is 4.98 Å². The van der Waals surface area contributed by atoms with E-state index in [-0.39, 0.29) is 0 Å². The lowest BCUT2D eigenvalue weighted by atomic mass is 10.3. The molecule has 1 aromatic rings. The molecule has 54 valence electrons. The Balaban J connectivity index is 2.03. The summed E-state index contributed by atoms with van der Waals surface area (Å²) in [6.45, 7) is 1.93. The Morgan fingerprint density at radius 2 is 2.50 bits per heavy atom. The fourth-order valence-corrected chi connectivity index (χ4v) is 1.06. The van der Waals surface area contributed by atoms with E-state index >= 15 is 0 Å². The number of oxazole rings is 1. The maximum absolute atomic E-state index is 5.32. The first kappa shape index (κ1) is 5.96. The molecule has 1 heterocycles. The van der Waals surface area contributed by atoms with Crippen LogP contribution in [0.1, 0.15) is 24.5 Å². The molecule has 0 radical (unpaired) electrons. The highest BCUT2D eigenvalue weighted by Crippen LogP contribution is 2.32. The summed E-state index contributed by atoms with van der Waals surface area (Å²) in [5.74, 6) is 2.72. The van der Waals surface area contributed by atoms with Crippen LogP contribution in [0.4, 0.5) is 0 Å². The monoisotopic (exact) mass is 137 g/mol. The molecule has 0 aliphatic heterocycles. The number of nitrogens with zero attached hydrogens (tertiary/aromatic N) is 1. The predicted octanol–water partition coefficient (Wildman–Crippen LogP) is 1.94. The molecule has 1 saturated carbocycles. The van der Waals surface area contributed by atoms with Crippen LogP contribution < -0.4 is 0 Å². The molecule has 2 nitrogen and oxygen atoms in total. The van der Waals surface area contributed by atoms with E-state index in [0.717, 1.165) is 24.0 Å². The molecule has 0 N–H and O–H groups in total. The van der Waals surface area contributed by atoms with Gasteiger partial charge < -0.3 is 4.42 Å². The first-order chi connectivity index (χ1) is 4.84. The molecule has 0 saturated heterocycles. The third-order valence-electron chi connectivity index (χ3n) is 1.83. The number of aromatic nitrogens is 1. The van der Waals surface area contributed by atoms with Gasteiger partial charge >= 0.3 is 0 Å². The number of hydrogen-bond acceptors (Lipinski definition) is 2. The lowest BCUT2D eigenvalue weighted by Crippen LogP contribution is -1.84. The van der Waals surface area contributed by atoms with Crippen LogP contribution in [0.3, 0.4) is 0 Å². The lowest BCUT2D eigenvalue weighted by Gasteiger charge is -1.87. The molecule has 0 amide bonds. The fourth-order valence-electron chi connectivity index (χ4n) is 1.06. The van der Waals surface area contributed by atoms with E-state index in [0.29, 0.717) is 0 Å². The van der Waals surface area contributed by atoms with Gasteiger partial charge in [-0.05, 0) is 25.7 Å². The molecular formula is C8H11NO. The van der Waals surface area contributed by atoms with Gasteiger partial charge in [0.15, 0.2) is 5.89 Å². The van der Waals surface area contributed by atoms with Gasteiger partial charge in [0.1, 0.15) is 5.76 Å². The first-order valence-corrected chi connectivity index (χ1v) is 3.76. The quantitative estimate of drug-likeness (QED) is 0.622. The third-order valence-corrected chi connectivity index (χ3v) is 1.83. The van der Waals surface area contributed by atoms with Gasteiger partial charge in [-0.15, -0.1) is 0 Å². The largest absolute Gasteiger partial charge is 0.446 e. The maximum atomic E-state index is 5.32. The Morgan fingerprint density at radius 3 is 3.00 bits per heavy atom. The number of hydrogen-bond donors (Lipinski definition) is 0. The van der Waals surface area contributed by atoms with Crippen molar-refractivity contribution in [3.05, 3.63) is 17.8 Å². The first-order valence-electron chi connectivity index (χ1n) is 3.76. The van der Waals surface area contributed by atoms with Crippen molar-refractivity contribution in [2.24, 2.45) is 5.92 Å². The summed E-state index contributed by atoms with van der Waals surface area (Å²) in [6, 6.07) is 0. The summed E-state index contributed by atoms with van der Waals surface area (Å²) in [5.41, 5.74) is 0. The average molecular weight is 137 g/mol. The van der Waals surface area contributed by atoms with Crippen molar-refractivity contribution >= 4 is 0 Å². The van der Waals surface area contributed by atoms with Crippen LogP contribution in [0.2, 0.25) is 0 Å². The van der Waals surface area contributed by atoms with Crippen LogP contribution >= 0.6 is 0 Å². The molecular weight excluding hydrogens is 126 g/mol. The van der Waals surface area contributed by atoms with E-state index in [9.17, 15) is 0 Å². The lowest BCUT2D eigenvalue weighted by molar-refractivity contribution is 0.461. The van der Waals surface area contributed by atoms with Crippen molar-refractivity contribution in [3.8, 4) is 0 Å². The Bertz CT molecular complexity index is 225.